The lowest BCUT2D eigenvalue weighted by atomic mass is 9.93. The van der Waals surface area contributed by atoms with Crippen LogP contribution in [0, 0.1) is 12.3 Å². The standard InChI is InChI=1S/C16H19N3O4/c1-8-12-10(13(20)17-7-16(2,3)15(21)22)6-11(9-4-5-9)18-14(12)23-19-8/h6,9H,4-5,7H2,1-3H3,(H,17,20)(H,21,22). The minimum Gasteiger partial charge on any atom is -0.481 e. The number of carboxylic acids is 1. The molecule has 122 valence electrons. The molecule has 0 aliphatic heterocycles. The quantitative estimate of drug-likeness (QED) is 0.876. The van der Waals surface area contributed by atoms with E-state index >= 15 is 0 Å². The van der Waals surface area contributed by atoms with E-state index in [1.54, 1.807) is 26.8 Å². The number of nitrogens with zero attached hydrogens (tertiary/aromatic N) is 2. The van der Waals surface area contributed by atoms with Gasteiger partial charge < -0.3 is 14.9 Å². The summed E-state index contributed by atoms with van der Waals surface area (Å²) in [6.45, 7) is 4.92. The average molecular weight is 317 g/mol. The number of amides is 1. The van der Waals surface area contributed by atoms with Crippen LogP contribution >= 0.6 is 0 Å². The van der Waals surface area contributed by atoms with Crippen LogP contribution in [0.2, 0.25) is 0 Å². The topological polar surface area (TPSA) is 105 Å². The largest absolute Gasteiger partial charge is 0.481 e. The molecule has 2 aromatic heterocycles. The molecule has 0 aromatic carbocycles. The second-order valence-electron chi connectivity index (χ2n) is 6.69. The number of aryl methyl sites for hydroxylation is 1. The van der Waals surface area contributed by atoms with E-state index in [4.69, 9.17) is 9.63 Å². The molecule has 3 rings (SSSR count). The number of nitrogens with one attached hydrogen (secondary N) is 1. The molecule has 7 heteroatoms. The average Bonchev–Trinajstić information content (AvgIpc) is 3.28. The van der Waals surface area contributed by atoms with Crippen LogP contribution in [0.1, 0.15) is 54.4 Å². The van der Waals surface area contributed by atoms with E-state index in [1.807, 2.05) is 0 Å². The van der Waals surface area contributed by atoms with Gasteiger partial charge in [0.25, 0.3) is 11.6 Å². The van der Waals surface area contributed by atoms with E-state index < -0.39 is 11.4 Å². The first-order chi connectivity index (χ1) is 10.8. The van der Waals surface area contributed by atoms with Gasteiger partial charge in [0.15, 0.2) is 0 Å². The Kier molecular flexibility index (Phi) is 3.58. The normalized spacial score (nSPS) is 14.9. The molecule has 0 radical (unpaired) electrons. The number of hydrogen-bond acceptors (Lipinski definition) is 5. The lowest BCUT2D eigenvalue weighted by Gasteiger charge is -2.19. The van der Waals surface area contributed by atoms with Crippen LogP contribution in [-0.2, 0) is 4.79 Å². The summed E-state index contributed by atoms with van der Waals surface area (Å²) in [6, 6.07) is 1.77. The zero-order valence-corrected chi connectivity index (χ0v) is 13.3. The Morgan fingerprint density at radius 3 is 2.74 bits per heavy atom. The van der Waals surface area contributed by atoms with Gasteiger partial charge in [-0.3, -0.25) is 9.59 Å². The number of rotatable bonds is 5. The van der Waals surface area contributed by atoms with Gasteiger partial charge >= 0.3 is 5.97 Å². The maximum atomic E-state index is 12.6. The Labute approximate surface area is 133 Å². The highest BCUT2D eigenvalue weighted by Crippen LogP contribution is 2.40. The predicted octanol–water partition coefficient (Wildman–Crippen LogP) is 2.25. The SMILES string of the molecule is Cc1noc2nc(C3CC3)cc(C(=O)NCC(C)(C)C(=O)O)c12. The van der Waals surface area contributed by atoms with E-state index in [-0.39, 0.29) is 12.5 Å². The van der Waals surface area contributed by atoms with Gasteiger partial charge in [-0.05, 0) is 39.7 Å². The summed E-state index contributed by atoms with van der Waals surface area (Å²) >= 11 is 0. The lowest BCUT2D eigenvalue weighted by molar-refractivity contribution is -0.146. The van der Waals surface area contributed by atoms with Gasteiger partial charge in [-0.15, -0.1) is 0 Å². The Morgan fingerprint density at radius 1 is 1.43 bits per heavy atom. The summed E-state index contributed by atoms with van der Waals surface area (Å²) in [7, 11) is 0. The second-order valence-corrected chi connectivity index (χ2v) is 6.69. The molecule has 0 unspecified atom stereocenters. The molecule has 0 bridgehead atoms. The summed E-state index contributed by atoms with van der Waals surface area (Å²) in [5.41, 5.74) is 1.19. The van der Waals surface area contributed by atoms with Gasteiger partial charge in [0.2, 0.25) is 0 Å². The fraction of sp³-hybridized carbons (Fsp3) is 0.500. The van der Waals surface area contributed by atoms with Crippen molar-refractivity contribution in [2.75, 3.05) is 6.54 Å². The van der Waals surface area contributed by atoms with Gasteiger partial charge in [0.05, 0.1) is 22.1 Å². The molecule has 1 aliphatic rings. The van der Waals surface area contributed by atoms with E-state index in [0.29, 0.717) is 28.3 Å². The summed E-state index contributed by atoms with van der Waals surface area (Å²) in [5, 5.41) is 16.3. The summed E-state index contributed by atoms with van der Waals surface area (Å²) in [6.07, 6.45) is 2.11. The number of pyridine rings is 1. The highest BCUT2D eigenvalue weighted by atomic mass is 16.5. The third-order valence-corrected chi connectivity index (χ3v) is 4.15. The summed E-state index contributed by atoms with van der Waals surface area (Å²) in [5.74, 6) is -0.927. The van der Waals surface area contributed by atoms with Gasteiger partial charge in [0, 0.05) is 18.2 Å². The smallest absolute Gasteiger partial charge is 0.310 e. The summed E-state index contributed by atoms with van der Waals surface area (Å²) < 4.78 is 5.21. The lowest BCUT2D eigenvalue weighted by Crippen LogP contribution is -2.39. The van der Waals surface area contributed by atoms with Crippen LogP contribution in [0.15, 0.2) is 10.6 Å². The van der Waals surface area contributed by atoms with Gasteiger partial charge in [-0.1, -0.05) is 5.16 Å². The van der Waals surface area contributed by atoms with E-state index in [1.165, 1.54) is 0 Å². The first-order valence-corrected chi connectivity index (χ1v) is 7.58. The van der Waals surface area contributed by atoms with Crippen molar-refractivity contribution in [3.8, 4) is 0 Å². The molecule has 2 aromatic rings. The first-order valence-electron chi connectivity index (χ1n) is 7.58. The number of aliphatic carboxylic acids is 1. The molecule has 7 nitrogen and oxygen atoms in total. The Hall–Kier alpha value is -2.44. The fourth-order valence-electron chi connectivity index (χ4n) is 2.35. The van der Waals surface area contributed by atoms with Gasteiger partial charge in [-0.2, -0.15) is 0 Å². The molecule has 1 amide bonds. The third-order valence-electron chi connectivity index (χ3n) is 4.15. The van der Waals surface area contributed by atoms with Crippen molar-refractivity contribution < 1.29 is 19.2 Å². The molecule has 1 fully saturated rings. The van der Waals surface area contributed by atoms with Crippen molar-refractivity contribution >= 4 is 23.0 Å². The summed E-state index contributed by atoms with van der Waals surface area (Å²) in [4.78, 5) is 28.2. The maximum Gasteiger partial charge on any atom is 0.310 e. The van der Waals surface area contributed by atoms with Crippen molar-refractivity contribution in [2.45, 2.75) is 39.5 Å². The second kappa shape index (κ2) is 5.33. The Bertz CT molecular complexity index is 790. The molecular weight excluding hydrogens is 298 g/mol. The Balaban J connectivity index is 1.92. The zero-order valence-electron chi connectivity index (χ0n) is 13.3. The van der Waals surface area contributed by atoms with Crippen LogP contribution in [0.25, 0.3) is 11.1 Å². The molecule has 1 saturated carbocycles. The molecule has 0 spiro atoms. The maximum absolute atomic E-state index is 12.6. The molecule has 0 saturated heterocycles. The van der Waals surface area contributed by atoms with Crippen molar-refractivity contribution in [3.05, 3.63) is 23.0 Å². The highest BCUT2D eigenvalue weighted by molar-refractivity contribution is 6.06. The van der Waals surface area contributed by atoms with Crippen molar-refractivity contribution in [1.29, 1.82) is 0 Å². The number of carbonyl (C=O) groups is 2. The molecule has 23 heavy (non-hydrogen) atoms. The molecule has 0 atom stereocenters. The van der Waals surface area contributed by atoms with Crippen molar-refractivity contribution in [1.82, 2.24) is 15.5 Å². The number of aromatic nitrogens is 2. The van der Waals surface area contributed by atoms with Crippen LogP contribution in [-0.4, -0.2) is 33.7 Å². The molecule has 1 aliphatic carbocycles. The van der Waals surface area contributed by atoms with Crippen LogP contribution in [0.4, 0.5) is 0 Å². The highest BCUT2D eigenvalue weighted by Gasteiger charge is 2.30. The zero-order chi connectivity index (χ0) is 16.8. The predicted molar refractivity (Wildman–Crippen MR) is 82.3 cm³/mol. The van der Waals surface area contributed by atoms with Gasteiger partial charge in [0.1, 0.15) is 0 Å². The molecular formula is C16H19N3O4. The van der Waals surface area contributed by atoms with E-state index in [2.05, 4.69) is 15.5 Å². The van der Waals surface area contributed by atoms with Gasteiger partial charge in [-0.25, -0.2) is 4.98 Å². The fourth-order valence-corrected chi connectivity index (χ4v) is 2.35. The number of fused-ring (bicyclic) bond motifs is 1. The van der Waals surface area contributed by atoms with E-state index in [0.717, 1.165) is 18.5 Å². The van der Waals surface area contributed by atoms with Crippen LogP contribution in [0.5, 0.6) is 0 Å². The monoisotopic (exact) mass is 317 g/mol. The minimum absolute atomic E-state index is 0.0358. The van der Waals surface area contributed by atoms with Crippen LogP contribution in [0.3, 0.4) is 0 Å². The molecule has 2 N–H and O–H groups in total. The molecule has 2 heterocycles. The van der Waals surface area contributed by atoms with Crippen LogP contribution < -0.4 is 5.32 Å². The third kappa shape index (κ3) is 2.91. The first kappa shape index (κ1) is 15.5. The minimum atomic E-state index is -1.04. The van der Waals surface area contributed by atoms with Crippen molar-refractivity contribution in [2.24, 2.45) is 5.41 Å². The van der Waals surface area contributed by atoms with Crippen molar-refractivity contribution in [3.63, 3.8) is 0 Å². The number of carbonyl (C=O) groups excluding carboxylic acids is 1. The number of carboxylic acid groups (broad SMARTS) is 1. The number of hydrogen-bond donors (Lipinski definition) is 2. The van der Waals surface area contributed by atoms with E-state index in [9.17, 15) is 9.59 Å². The Morgan fingerprint density at radius 2 is 2.13 bits per heavy atom.